The minimum absolute atomic E-state index is 0.921. The second-order valence-corrected chi connectivity index (χ2v) is 5.57. The quantitative estimate of drug-likeness (QED) is 0.883. The van der Waals surface area contributed by atoms with Crippen LogP contribution in [0.3, 0.4) is 0 Å². The number of nitrogens with one attached hydrogen (secondary N) is 2. The molecule has 0 unspecified atom stereocenters. The van der Waals surface area contributed by atoms with E-state index >= 15 is 0 Å². The van der Waals surface area contributed by atoms with Gasteiger partial charge in [-0.1, -0.05) is 48.0 Å². The van der Waals surface area contributed by atoms with Crippen molar-refractivity contribution in [3.05, 3.63) is 64.7 Å². The van der Waals surface area contributed by atoms with Gasteiger partial charge in [0.05, 0.1) is 0 Å². The molecular weight excluding hydrogens is 244 g/mol. The smallest absolute Gasteiger partial charge is 0.0418 e. The molecule has 0 aliphatic carbocycles. The molecule has 2 aromatic rings. The average molecular weight is 266 g/mol. The lowest BCUT2D eigenvalue weighted by molar-refractivity contribution is 0.690. The summed E-state index contributed by atoms with van der Waals surface area (Å²) in [7, 11) is 0. The van der Waals surface area contributed by atoms with Crippen molar-refractivity contribution in [1.29, 1.82) is 0 Å². The number of rotatable bonds is 4. The Bertz CT molecular complexity index is 572. The lowest BCUT2D eigenvalue weighted by atomic mass is 9.99. The molecule has 0 atom stereocenters. The Morgan fingerprint density at radius 3 is 2.75 bits per heavy atom. The molecule has 2 aromatic carbocycles. The predicted molar refractivity (Wildman–Crippen MR) is 85.0 cm³/mol. The fourth-order valence-corrected chi connectivity index (χ4v) is 2.78. The van der Waals surface area contributed by atoms with Crippen LogP contribution in [0.1, 0.15) is 28.7 Å². The second-order valence-electron chi connectivity index (χ2n) is 5.57. The molecule has 0 saturated heterocycles. The van der Waals surface area contributed by atoms with Crippen LogP contribution in [0.4, 0.5) is 5.69 Å². The molecule has 104 valence electrons. The van der Waals surface area contributed by atoms with Crippen LogP contribution in [0.2, 0.25) is 0 Å². The Morgan fingerprint density at radius 2 is 1.90 bits per heavy atom. The molecular formula is C18H22N2. The summed E-state index contributed by atoms with van der Waals surface area (Å²) in [6.07, 6.45) is 2.45. The summed E-state index contributed by atoms with van der Waals surface area (Å²) in [6.45, 7) is 5.06. The van der Waals surface area contributed by atoms with Gasteiger partial charge in [0, 0.05) is 25.3 Å². The van der Waals surface area contributed by atoms with E-state index in [9.17, 15) is 0 Å². The van der Waals surface area contributed by atoms with Crippen LogP contribution in [-0.4, -0.2) is 6.54 Å². The lowest BCUT2D eigenvalue weighted by Crippen LogP contribution is -2.18. The molecule has 0 spiro atoms. The molecule has 2 N–H and O–H groups in total. The topological polar surface area (TPSA) is 24.1 Å². The summed E-state index contributed by atoms with van der Waals surface area (Å²) < 4.78 is 0. The number of benzene rings is 2. The fourth-order valence-electron chi connectivity index (χ4n) is 2.78. The van der Waals surface area contributed by atoms with E-state index in [1.165, 1.54) is 40.8 Å². The van der Waals surface area contributed by atoms with Crippen LogP contribution >= 0.6 is 0 Å². The van der Waals surface area contributed by atoms with Gasteiger partial charge < -0.3 is 10.6 Å². The van der Waals surface area contributed by atoms with Gasteiger partial charge in [0.25, 0.3) is 0 Å². The molecule has 2 nitrogen and oxygen atoms in total. The van der Waals surface area contributed by atoms with Crippen LogP contribution in [0, 0.1) is 6.92 Å². The molecule has 1 heterocycles. The number of aryl methyl sites for hydroxylation is 2. The van der Waals surface area contributed by atoms with Gasteiger partial charge in [-0.25, -0.2) is 0 Å². The minimum Gasteiger partial charge on any atom is -0.385 e. The van der Waals surface area contributed by atoms with Gasteiger partial charge in [-0.05, 0) is 36.5 Å². The molecule has 20 heavy (non-hydrogen) atoms. The van der Waals surface area contributed by atoms with Crippen LogP contribution < -0.4 is 10.6 Å². The van der Waals surface area contributed by atoms with E-state index in [0.717, 1.165) is 19.6 Å². The third kappa shape index (κ3) is 3.02. The monoisotopic (exact) mass is 266 g/mol. The minimum atomic E-state index is 0.921. The van der Waals surface area contributed by atoms with Crippen LogP contribution in [-0.2, 0) is 19.5 Å². The van der Waals surface area contributed by atoms with E-state index in [1.807, 2.05) is 0 Å². The van der Waals surface area contributed by atoms with Gasteiger partial charge in [-0.3, -0.25) is 0 Å². The summed E-state index contributed by atoms with van der Waals surface area (Å²) in [5.74, 6) is 0. The molecule has 1 aliphatic rings. The number of hydrogen-bond donors (Lipinski definition) is 2. The molecule has 0 bridgehead atoms. The van der Waals surface area contributed by atoms with Crippen LogP contribution in [0.15, 0.2) is 42.5 Å². The standard InChI is InChI=1S/C18H22N2/c1-14-7-9-15(10-8-14)12-19-13-17-5-2-4-16-6-3-11-20-18(16)17/h2,4-5,7-10,19-20H,3,6,11-13H2,1H3. The summed E-state index contributed by atoms with van der Waals surface area (Å²) in [6, 6.07) is 15.4. The fraction of sp³-hybridized carbons (Fsp3) is 0.333. The number of fused-ring (bicyclic) bond motifs is 1. The second kappa shape index (κ2) is 6.10. The summed E-state index contributed by atoms with van der Waals surface area (Å²) >= 11 is 0. The highest BCUT2D eigenvalue weighted by Gasteiger charge is 2.11. The van der Waals surface area contributed by atoms with Crippen molar-refractivity contribution >= 4 is 5.69 Å². The summed E-state index contributed by atoms with van der Waals surface area (Å²) in [5.41, 5.74) is 6.86. The van der Waals surface area contributed by atoms with Crippen molar-refractivity contribution in [2.24, 2.45) is 0 Å². The highest BCUT2D eigenvalue weighted by molar-refractivity contribution is 5.59. The molecule has 0 radical (unpaired) electrons. The summed E-state index contributed by atoms with van der Waals surface area (Å²) in [5, 5.41) is 7.09. The van der Waals surface area contributed by atoms with E-state index in [0.29, 0.717) is 0 Å². The van der Waals surface area contributed by atoms with Crippen molar-refractivity contribution < 1.29 is 0 Å². The number of hydrogen-bond acceptors (Lipinski definition) is 2. The maximum Gasteiger partial charge on any atom is 0.0418 e. The average Bonchev–Trinajstić information content (AvgIpc) is 2.49. The van der Waals surface area contributed by atoms with Crippen LogP contribution in [0.25, 0.3) is 0 Å². The molecule has 3 rings (SSSR count). The molecule has 0 amide bonds. The normalized spacial score (nSPS) is 13.7. The first kappa shape index (κ1) is 13.2. The summed E-state index contributed by atoms with van der Waals surface area (Å²) in [4.78, 5) is 0. The van der Waals surface area contributed by atoms with E-state index in [-0.39, 0.29) is 0 Å². The highest BCUT2D eigenvalue weighted by atomic mass is 14.9. The molecule has 2 heteroatoms. The third-order valence-electron chi connectivity index (χ3n) is 3.93. The first-order valence-corrected chi connectivity index (χ1v) is 7.44. The van der Waals surface area contributed by atoms with Gasteiger partial charge in [0.1, 0.15) is 0 Å². The van der Waals surface area contributed by atoms with E-state index in [2.05, 4.69) is 60.0 Å². The SMILES string of the molecule is Cc1ccc(CNCc2cccc3c2NCCC3)cc1. The Hall–Kier alpha value is -1.80. The van der Waals surface area contributed by atoms with Crippen molar-refractivity contribution in [1.82, 2.24) is 5.32 Å². The maximum atomic E-state index is 3.55. The van der Waals surface area contributed by atoms with Gasteiger partial charge in [-0.2, -0.15) is 0 Å². The van der Waals surface area contributed by atoms with Crippen molar-refractivity contribution in [2.75, 3.05) is 11.9 Å². The number of para-hydroxylation sites is 1. The lowest BCUT2D eigenvalue weighted by Gasteiger charge is -2.21. The van der Waals surface area contributed by atoms with E-state index in [1.54, 1.807) is 0 Å². The van der Waals surface area contributed by atoms with Gasteiger partial charge in [0.2, 0.25) is 0 Å². The van der Waals surface area contributed by atoms with Crippen molar-refractivity contribution in [3.8, 4) is 0 Å². The largest absolute Gasteiger partial charge is 0.385 e. The molecule has 0 saturated carbocycles. The predicted octanol–water partition coefficient (Wildman–Crippen LogP) is 3.64. The van der Waals surface area contributed by atoms with Gasteiger partial charge in [0.15, 0.2) is 0 Å². The van der Waals surface area contributed by atoms with Crippen molar-refractivity contribution in [2.45, 2.75) is 32.9 Å². The van der Waals surface area contributed by atoms with Crippen molar-refractivity contribution in [3.63, 3.8) is 0 Å². The highest BCUT2D eigenvalue weighted by Crippen LogP contribution is 2.25. The molecule has 0 aromatic heterocycles. The number of anilines is 1. The molecule has 0 fully saturated rings. The van der Waals surface area contributed by atoms with Crippen LogP contribution in [0.5, 0.6) is 0 Å². The first-order chi connectivity index (χ1) is 9.83. The Kier molecular flexibility index (Phi) is 4.03. The Labute approximate surface area is 121 Å². The molecule has 1 aliphatic heterocycles. The first-order valence-electron chi connectivity index (χ1n) is 7.44. The van der Waals surface area contributed by atoms with Gasteiger partial charge in [-0.15, -0.1) is 0 Å². The zero-order valence-electron chi connectivity index (χ0n) is 12.1. The van der Waals surface area contributed by atoms with E-state index < -0.39 is 0 Å². The zero-order chi connectivity index (χ0) is 13.8. The van der Waals surface area contributed by atoms with E-state index in [4.69, 9.17) is 0 Å². The van der Waals surface area contributed by atoms with Gasteiger partial charge >= 0.3 is 0 Å². The third-order valence-corrected chi connectivity index (χ3v) is 3.93. The Balaban J connectivity index is 1.62. The maximum absolute atomic E-state index is 3.55. The zero-order valence-corrected chi connectivity index (χ0v) is 12.1. The Morgan fingerprint density at radius 1 is 1.05 bits per heavy atom.